The van der Waals surface area contributed by atoms with Crippen LogP contribution in [0.15, 0.2) is 17.8 Å². The normalized spacial score (nSPS) is 25.9. The quantitative estimate of drug-likeness (QED) is 0.763. The van der Waals surface area contributed by atoms with Crippen LogP contribution in [0.2, 0.25) is 0 Å². The van der Waals surface area contributed by atoms with Crippen LogP contribution in [0.1, 0.15) is 70.1 Å². The van der Waals surface area contributed by atoms with Crippen LogP contribution in [-0.4, -0.2) is 4.68 Å². The molecule has 1 heterocycles. The molecule has 112 valence electrons. The molecule has 1 aromatic rings. The molecule has 0 bridgehead atoms. The minimum absolute atomic E-state index is 0.741. The smallest absolute Gasteiger partial charge is 0.0646 e. The van der Waals surface area contributed by atoms with Gasteiger partial charge < -0.3 is 5.84 Å². The molecule has 1 saturated carbocycles. The Kier molecular flexibility index (Phi) is 5.33. The first-order valence-electron chi connectivity index (χ1n) is 8.19. The van der Waals surface area contributed by atoms with E-state index in [2.05, 4.69) is 32.9 Å². The fraction of sp³-hybridized carbons (Fsp3) is 0.667. The van der Waals surface area contributed by atoms with Crippen molar-refractivity contribution >= 4 is 6.08 Å². The average molecular weight is 274 g/mol. The molecule has 2 atom stereocenters. The molecule has 0 aromatic carbocycles. The minimum atomic E-state index is 0.741. The largest absolute Gasteiger partial charge is 0.339 e. The molecule has 1 aromatic heterocycles. The van der Waals surface area contributed by atoms with Gasteiger partial charge >= 0.3 is 0 Å². The van der Waals surface area contributed by atoms with Crippen LogP contribution < -0.4 is 5.84 Å². The van der Waals surface area contributed by atoms with Gasteiger partial charge in [0.15, 0.2) is 0 Å². The first kappa shape index (κ1) is 15.2. The maximum atomic E-state index is 5.99. The average Bonchev–Trinajstić information content (AvgIpc) is 2.78. The molecule has 0 radical (unpaired) electrons. The topological polar surface area (TPSA) is 30.9 Å². The molecule has 2 rings (SSSR count). The zero-order chi connectivity index (χ0) is 14.5. The number of nitrogens with zero attached hydrogens (tertiary/aromatic N) is 1. The van der Waals surface area contributed by atoms with Gasteiger partial charge in [-0.15, -0.1) is 0 Å². The van der Waals surface area contributed by atoms with E-state index in [-0.39, 0.29) is 0 Å². The Morgan fingerprint density at radius 3 is 2.65 bits per heavy atom. The predicted molar refractivity (Wildman–Crippen MR) is 87.9 cm³/mol. The van der Waals surface area contributed by atoms with Crippen molar-refractivity contribution in [3.05, 3.63) is 29.1 Å². The molecule has 2 unspecified atom stereocenters. The van der Waals surface area contributed by atoms with Crippen LogP contribution in [0, 0.1) is 18.8 Å². The first-order valence-corrected chi connectivity index (χ1v) is 8.19. The van der Waals surface area contributed by atoms with E-state index in [0.717, 1.165) is 17.5 Å². The Labute approximate surface area is 124 Å². The number of hydrogen-bond donors (Lipinski definition) is 1. The highest BCUT2D eigenvalue weighted by Gasteiger charge is 2.16. The summed E-state index contributed by atoms with van der Waals surface area (Å²) in [7, 11) is 0. The molecular weight excluding hydrogens is 244 g/mol. The Morgan fingerprint density at radius 2 is 1.95 bits per heavy atom. The van der Waals surface area contributed by atoms with E-state index in [9.17, 15) is 0 Å². The lowest BCUT2D eigenvalue weighted by Crippen LogP contribution is -2.10. The van der Waals surface area contributed by atoms with Gasteiger partial charge in [0.2, 0.25) is 0 Å². The van der Waals surface area contributed by atoms with Gasteiger partial charge in [0.1, 0.15) is 0 Å². The highest BCUT2D eigenvalue weighted by Crippen LogP contribution is 2.30. The fourth-order valence-corrected chi connectivity index (χ4v) is 3.37. The van der Waals surface area contributed by atoms with Gasteiger partial charge in [-0.2, -0.15) is 0 Å². The zero-order valence-electron chi connectivity index (χ0n) is 13.4. The Bertz CT molecular complexity index is 436. The number of aromatic nitrogens is 1. The van der Waals surface area contributed by atoms with Crippen LogP contribution in [-0.2, 0) is 0 Å². The van der Waals surface area contributed by atoms with E-state index in [1.54, 1.807) is 4.68 Å². The van der Waals surface area contributed by atoms with Crippen LogP contribution in [0.3, 0.4) is 0 Å². The SMILES string of the molecule is CC(=Cc1c(C)ccn1N)C1CCCCCC(C)CC1. The van der Waals surface area contributed by atoms with Gasteiger partial charge in [0.05, 0.1) is 5.69 Å². The molecule has 2 N–H and O–H groups in total. The minimum Gasteiger partial charge on any atom is -0.339 e. The summed E-state index contributed by atoms with van der Waals surface area (Å²) in [6.07, 6.45) is 13.9. The summed E-state index contributed by atoms with van der Waals surface area (Å²) in [5.74, 6) is 7.63. The summed E-state index contributed by atoms with van der Waals surface area (Å²) in [6, 6.07) is 2.09. The van der Waals surface area contributed by atoms with Gasteiger partial charge in [-0.25, -0.2) is 0 Å². The Hall–Kier alpha value is -1.18. The number of allylic oxidation sites excluding steroid dienone is 1. The molecule has 1 fully saturated rings. The second-order valence-electron chi connectivity index (χ2n) is 6.70. The highest BCUT2D eigenvalue weighted by molar-refractivity contribution is 5.53. The predicted octanol–water partition coefficient (Wildman–Crippen LogP) is 4.91. The Morgan fingerprint density at radius 1 is 1.20 bits per heavy atom. The monoisotopic (exact) mass is 274 g/mol. The molecule has 0 aliphatic heterocycles. The van der Waals surface area contributed by atoms with E-state index in [4.69, 9.17) is 5.84 Å². The van der Waals surface area contributed by atoms with E-state index < -0.39 is 0 Å². The lowest BCUT2D eigenvalue weighted by Gasteiger charge is -2.18. The van der Waals surface area contributed by atoms with Crippen LogP contribution >= 0.6 is 0 Å². The van der Waals surface area contributed by atoms with E-state index in [1.165, 1.54) is 56.1 Å². The lowest BCUT2D eigenvalue weighted by atomic mass is 9.88. The highest BCUT2D eigenvalue weighted by atomic mass is 15.3. The van der Waals surface area contributed by atoms with Crippen molar-refractivity contribution in [2.45, 2.75) is 65.7 Å². The van der Waals surface area contributed by atoms with Gasteiger partial charge in [0.25, 0.3) is 0 Å². The van der Waals surface area contributed by atoms with Gasteiger partial charge in [-0.05, 0) is 56.2 Å². The molecular formula is C18H30N2. The molecule has 0 amide bonds. The molecule has 1 aliphatic carbocycles. The third-order valence-corrected chi connectivity index (χ3v) is 4.93. The third kappa shape index (κ3) is 3.91. The maximum Gasteiger partial charge on any atom is 0.0646 e. The van der Waals surface area contributed by atoms with Crippen molar-refractivity contribution in [3.63, 3.8) is 0 Å². The molecule has 2 nitrogen and oxygen atoms in total. The second-order valence-corrected chi connectivity index (χ2v) is 6.70. The summed E-state index contributed by atoms with van der Waals surface area (Å²) >= 11 is 0. The molecule has 20 heavy (non-hydrogen) atoms. The van der Waals surface area contributed by atoms with Gasteiger partial charge in [0, 0.05) is 6.20 Å². The zero-order valence-corrected chi connectivity index (χ0v) is 13.4. The Balaban J connectivity index is 2.11. The summed E-state index contributed by atoms with van der Waals surface area (Å²) in [4.78, 5) is 0. The molecule has 1 aliphatic rings. The standard InChI is InChI=1S/C18H30N2/c1-14-7-5-4-6-8-17(10-9-14)16(3)13-18-15(2)11-12-20(18)19/h11-14,17H,4-10,19H2,1-3H3. The second kappa shape index (κ2) is 7.01. The van der Waals surface area contributed by atoms with Gasteiger partial charge in [-0.3, -0.25) is 4.68 Å². The molecule has 0 spiro atoms. The summed E-state index contributed by atoms with van der Waals surface area (Å²) in [5, 5.41) is 0. The van der Waals surface area contributed by atoms with Crippen LogP contribution in [0.25, 0.3) is 6.08 Å². The van der Waals surface area contributed by atoms with Crippen molar-refractivity contribution in [1.82, 2.24) is 4.68 Å². The van der Waals surface area contributed by atoms with E-state index in [1.807, 2.05) is 6.20 Å². The lowest BCUT2D eigenvalue weighted by molar-refractivity contribution is 0.429. The number of hydrogen-bond acceptors (Lipinski definition) is 1. The van der Waals surface area contributed by atoms with Gasteiger partial charge in [-0.1, -0.05) is 44.6 Å². The molecule has 2 heteroatoms. The van der Waals surface area contributed by atoms with Crippen LogP contribution in [0.4, 0.5) is 0 Å². The molecule has 0 saturated heterocycles. The number of nitrogen functional groups attached to an aromatic ring is 1. The number of rotatable bonds is 2. The van der Waals surface area contributed by atoms with Crippen molar-refractivity contribution in [1.29, 1.82) is 0 Å². The third-order valence-electron chi connectivity index (χ3n) is 4.93. The summed E-state index contributed by atoms with van der Waals surface area (Å²) in [5.41, 5.74) is 3.94. The van der Waals surface area contributed by atoms with E-state index >= 15 is 0 Å². The maximum absolute atomic E-state index is 5.99. The number of nitrogens with two attached hydrogens (primary N) is 1. The number of aryl methyl sites for hydroxylation is 1. The van der Waals surface area contributed by atoms with Crippen molar-refractivity contribution in [2.24, 2.45) is 11.8 Å². The summed E-state index contributed by atoms with van der Waals surface area (Å²) < 4.78 is 1.75. The van der Waals surface area contributed by atoms with Crippen molar-refractivity contribution in [3.8, 4) is 0 Å². The van der Waals surface area contributed by atoms with E-state index in [0.29, 0.717) is 0 Å². The first-order chi connectivity index (χ1) is 9.58. The van der Waals surface area contributed by atoms with Crippen LogP contribution in [0.5, 0.6) is 0 Å². The summed E-state index contributed by atoms with van der Waals surface area (Å²) in [6.45, 7) is 6.84. The van der Waals surface area contributed by atoms with Crippen molar-refractivity contribution < 1.29 is 0 Å². The van der Waals surface area contributed by atoms with Crippen molar-refractivity contribution in [2.75, 3.05) is 5.84 Å². The fourth-order valence-electron chi connectivity index (χ4n) is 3.37.